The van der Waals surface area contributed by atoms with Crippen molar-refractivity contribution in [3.63, 3.8) is 0 Å². The first-order valence-electron chi connectivity index (χ1n) is 13.2. The lowest BCUT2D eigenvalue weighted by Crippen LogP contribution is -2.52. The minimum absolute atomic E-state index is 0.0480. The highest BCUT2D eigenvalue weighted by Crippen LogP contribution is 2.28. The van der Waals surface area contributed by atoms with Crippen molar-refractivity contribution in [3.8, 4) is 5.75 Å². The number of nitrogens with one attached hydrogen (secondary N) is 1. The third kappa shape index (κ3) is 8.64. The quantitative estimate of drug-likeness (QED) is 0.251. The molecule has 1 N–H and O–H groups in total. The molecular weight excluding hydrogens is 582 g/mol. The van der Waals surface area contributed by atoms with Crippen LogP contribution in [-0.2, 0) is 26.2 Å². The van der Waals surface area contributed by atoms with Gasteiger partial charge >= 0.3 is 0 Å². The summed E-state index contributed by atoms with van der Waals surface area (Å²) in [5.74, 6) is -0.303. The molecule has 0 aromatic heterocycles. The fourth-order valence-electron chi connectivity index (χ4n) is 4.05. The number of ether oxygens (including phenoxy) is 1. The van der Waals surface area contributed by atoms with Crippen molar-refractivity contribution >= 4 is 50.9 Å². The van der Waals surface area contributed by atoms with E-state index in [1.807, 2.05) is 27.0 Å². The predicted molar refractivity (Wildman–Crippen MR) is 165 cm³/mol. The summed E-state index contributed by atoms with van der Waals surface area (Å²) < 4.78 is 34.5. The fraction of sp³-hybridized carbons (Fsp3) is 0.333. The van der Waals surface area contributed by atoms with Crippen molar-refractivity contribution in [3.05, 3.63) is 83.4 Å². The van der Waals surface area contributed by atoms with Crippen LogP contribution in [0.2, 0.25) is 5.02 Å². The van der Waals surface area contributed by atoms with Gasteiger partial charge < -0.3 is 15.0 Å². The molecule has 0 fully saturated rings. The van der Waals surface area contributed by atoms with E-state index in [0.717, 1.165) is 14.8 Å². The minimum Gasteiger partial charge on any atom is -0.494 e. The second kappa shape index (κ2) is 14.6. The Kier molecular flexibility index (Phi) is 11.5. The minimum atomic E-state index is -4.16. The number of hydrogen-bond donors (Lipinski definition) is 1. The number of benzene rings is 3. The molecule has 0 saturated carbocycles. The highest BCUT2D eigenvalue weighted by Gasteiger charge is 2.32. The van der Waals surface area contributed by atoms with Crippen LogP contribution in [0.15, 0.2) is 82.6 Å². The average molecular weight is 618 g/mol. The number of sulfonamides is 1. The van der Waals surface area contributed by atoms with Crippen LogP contribution in [0.25, 0.3) is 0 Å². The summed E-state index contributed by atoms with van der Waals surface area (Å²) in [7, 11) is -4.16. The van der Waals surface area contributed by atoms with Gasteiger partial charge in [-0.05, 0) is 100 Å². The summed E-state index contributed by atoms with van der Waals surface area (Å²) in [5.41, 5.74) is 1.04. The highest BCUT2D eigenvalue weighted by atomic mass is 35.5. The second-order valence-electron chi connectivity index (χ2n) is 9.60. The molecule has 1 atom stereocenters. The molecular formula is C30H36ClN3O5S2. The van der Waals surface area contributed by atoms with E-state index in [0.29, 0.717) is 23.1 Å². The van der Waals surface area contributed by atoms with Gasteiger partial charge in [0.25, 0.3) is 10.0 Å². The SMILES string of the molecule is CCOc1ccc(N(CC(=O)N(Cc2ccc(Cl)cc2)[C@H](C)C(=O)NC(C)C)S(=O)(=O)c2ccc(SC)cc2)cc1. The number of halogens is 1. The smallest absolute Gasteiger partial charge is 0.264 e. The maximum absolute atomic E-state index is 14.0. The summed E-state index contributed by atoms with van der Waals surface area (Å²) >= 11 is 7.54. The molecule has 0 aliphatic heterocycles. The van der Waals surface area contributed by atoms with E-state index >= 15 is 0 Å². The zero-order valence-corrected chi connectivity index (χ0v) is 26.2. The summed E-state index contributed by atoms with van der Waals surface area (Å²) in [6.07, 6.45) is 1.90. The first-order valence-corrected chi connectivity index (χ1v) is 16.2. The molecule has 0 spiro atoms. The van der Waals surface area contributed by atoms with E-state index in [9.17, 15) is 18.0 Å². The van der Waals surface area contributed by atoms with Crippen LogP contribution in [-0.4, -0.2) is 56.6 Å². The zero-order valence-electron chi connectivity index (χ0n) is 23.8. The van der Waals surface area contributed by atoms with E-state index < -0.39 is 28.5 Å². The molecule has 3 aromatic carbocycles. The Balaban J connectivity index is 2.03. The van der Waals surface area contributed by atoms with Crippen LogP contribution in [0.5, 0.6) is 5.75 Å². The Morgan fingerprint density at radius 1 is 0.951 bits per heavy atom. The van der Waals surface area contributed by atoms with Gasteiger partial charge in [0.2, 0.25) is 11.8 Å². The van der Waals surface area contributed by atoms with E-state index in [4.69, 9.17) is 16.3 Å². The van der Waals surface area contributed by atoms with Crippen LogP contribution in [0, 0.1) is 0 Å². The lowest BCUT2D eigenvalue weighted by Gasteiger charge is -2.32. The molecule has 220 valence electrons. The van der Waals surface area contributed by atoms with Crippen LogP contribution in [0.4, 0.5) is 5.69 Å². The molecule has 3 aromatic rings. The molecule has 2 amide bonds. The van der Waals surface area contributed by atoms with E-state index in [1.165, 1.54) is 28.8 Å². The highest BCUT2D eigenvalue weighted by molar-refractivity contribution is 7.98. The second-order valence-corrected chi connectivity index (χ2v) is 12.8. The van der Waals surface area contributed by atoms with E-state index in [-0.39, 0.29) is 23.4 Å². The maximum atomic E-state index is 14.0. The number of hydrogen-bond acceptors (Lipinski definition) is 6. The Morgan fingerprint density at radius 2 is 1.56 bits per heavy atom. The average Bonchev–Trinajstić information content (AvgIpc) is 2.95. The van der Waals surface area contributed by atoms with Gasteiger partial charge in [-0.2, -0.15) is 0 Å². The van der Waals surface area contributed by atoms with Crippen molar-refractivity contribution in [2.75, 3.05) is 23.7 Å². The number of anilines is 1. The third-order valence-electron chi connectivity index (χ3n) is 6.23. The van der Waals surface area contributed by atoms with Gasteiger partial charge in [-0.15, -0.1) is 11.8 Å². The number of carbonyl (C=O) groups excluding carboxylic acids is 2. The van der Waals surface area contributed by atoms with Gasteiger partial charge in [0.15, 0.2) is 0 Å². The first kappa shape index (κ1) is 32.3. The van der Waals surface area contributed by atoms with Gasteiger partial charge in [-0.3, -0.25) is 13.9 Å². The largest absolute Gasteiger partial charge is 0.494 e. The monoisotopic (exact) mass is 617 g/mol. The van der Waals surface area contributed by atoms with Crippen molar-refractivity contribution in [1.29, 1.82) is 0 Å². The molecule has 11 heteroatoms. The number of carbonyl (C=O) groups is 2. The molecule has 41 heavy (non-hydrogen) atoms. The van der Waals surface area contributed by atoms with Gasteiger partial charge in [-0.25, -0.2) is 8.42 Å². The molecule has 0 unspecified atom stereocenters. The van der Waals surface area contributed by atoms with E-state index in [1.54, 1.807) is 67.6 Å². The Bertz CT molecular complexity index is 1410. The van der Waals surface area contributed by atoms with Crippen LogP contribution in [0.1, 0.15) is 33.3 Å². The lowest BCUT2D eigenvalue weighted by molar-refractivity contribution is -0.139. The Labute approximate surface area is 252 Å². The lowest BCUT2D eigenvalue weighted by atomic mass is 10.1. The van der Waals surface area contributed by atoms with Crippen molar-refractivity contribution in [1.82, 2.24) is 10.2 Å². The number of rotatable bonds is 13. The standard InChI is InChI=1S/C30H36ClN3O5S2/c1-6-39-26-13-11-25(12-14-26)34(41(37,38)28-17-15-27(40-5)16-18-28)20-29(35)33(22(4)30(36)32-21(2)3)19-23-7-9-24(31)10-8-23/h7-18,21-22H,6,19-20H2,1-5H3,(H,32,36)/t22-/m1/s1. The Morgan fingerprint density at radius 3 is 2.10 bits per heavy atom. The molecule has 0 radical (unpaired) electrons. The number of amides is 2. The summed E-state index contributed by atoms with van der Waals surface area (Å²) in [6, 6.07) is 19.0. The summed E-state index contributed by atoms with van der Waals surface area (Å²) in [6.45, 7) is 7.17. The molecule has 0 aliphatic rings. The topological polar surface area (TPSA) is 96.0 Å². The van der Waals surface area contributed by atoms with Crippen molar-refractivity contribution in [2.24, 2.45) is 0 Å². The molecule has 8 nitrogen and oxygen atoms in total. The molecule has 0 aliphatic carbocycles. The number of thioether (sulfide) groups is 1. The van der Waals surface area contributed by atoms with Gasteiger partial charge in [0.1, 0.15) is 18.3 Å². The van der Waals surface area contributed by atoms with Crippen molar-refractivity contribution < 1.29 is 22.7 Å². The predicted octanol–water partition coefficient (Wildman–Crippen LogP) is 5.60. The van der Waals surface area contributed by atoms with Gasteiger partial charge in [-0.1, -0.05) is 23.7 Å². The summed E-state index contributed by atoms with van der Waals surface area (Å²) in [5, 5.41) is 3.38. The van der Waals surface area contributed by atoms with Gasteiger partial charge in [0, 0.05) is 22.5 Å². The zero-order chi connectivity index (χ0) is 30.2. The molecule has 3 rings (SSSR count). The fourth-order valence-corrected chi connectivity index (χ4v) is 6.00. The normalized spacial score (nSPS) is 12.1. The number of nitrogens with zero attached hydrogens (tertiary/aromatic N) is 2. The Hall–Kier alpha value is -3.21. The van der Waals surface area contributed by atoms with Crippen LogP contribution in [0.3, 0.4) is 0 Å². The van der Waals surface area contributed by atoms with Crippen LogP contribution >= 0.6 is 23.4 Å². The van der Waals surface area contributed by atoms with Crippen LogP contribution < -0.4 is 14.4 Å². The van der Waals surface area contributed by atoms with Crippen molar-refractivity contribution in [2.45, 2.75) is 56.1 Å². The maximum Gasteiger partial charge on any atom is 0.264 e. The van der Waals surface area contributed by atoms with E-state index in [2.05, 4.69) is 5.32 Å². The third-order valence-corrected chi connectivity index (χ3v) is 9.01. The molecule has 0 heterocycles. The first-order chi connectivity index (χ1) is 19.5. The molecule has 0 bridgehead atoms. The molecule has 0 saturated heterocycles. The van der Waals surface area contributed by atoms with Gasteiger partial charge in [0.05, 0.1) is 17.2 Å². The summed E-state index contributed by atoms with van der Waals surface area (Å²) in [4.78, 5) is 29.3.